The molecule has 0 fully saturated rings. The maximum Gasteiger partial charge on any atom is 0.0775 e. The van der Waals surface area contributed by atoms with Crippen LogP contribution in [0, 0.1) is 0 Å². The normalized spacial score (nSPS) is 13.0. The van der Waals surface area contributed by atoms with E-state index in [1.54, 1.807) is 0 Å². The molecule has 0 aliphatic carbocycles. The van der Waals surface area contributed by atoms with Crippen molar-refractivity contribution < 1.29 is 0 Å². The molecule has 0 atom stereocenters. The van der Waals surface area contributed by atoms with E-state index in [4.69, 9.17) is 0 Å². The zero-order valence-corrected chi connectivity index (χ0v) is 47.6. The molecule has 0 aliphatic heterocycles. The Morgan fingerprint density at radius 3 is 0.700 bits per heavy atom. The lowest BCUT2D eigenvalue weighted by Gasteiger charge is -2.19. The molecule has 9 rings (SSSR count). The van der Waals surface area contributed by atoms with Gasteiger partial charge < -0.3 is 0 Å². The fourth-order valence-electron chi connectivity index (χ4n) is 9.84. The fourth-order valence-corrected chi connectivity index (χ4v) is 14.5. The van der Waals surface area contributed by atoms with Gasteiger partial charge >= 0.3 is 0 Å². The van der Waals surface area contributed by atoms with Gasteiger partial charge in [-0.05, 0) is 100 Å². The van der Waals surface area contributed by atoms with Gasteiger partial charge in [0, 0.05) is 0 Å². The Hall–Kier alpha value is -6.15. The van der Waals surface area contributed by atoms with Gasteiger partial charge in [-0.15, -0.1) is 0 Å². The van der Waals surface area contributed by atoms with Gasteiger partial charge in [0.1, 0.15) is 0 Å². The highest BCUT2D eigenvalue weighted by molar-refractivity contribution is 6.90. The summed E-state index contributed by atoms with van der Waals surface area (Å²) < 4.78 is 0. The molecule has 9 aromatic carbocycles. The molecule has 0 saturated heterocycles. The molecular formula is C66H70Si4. The lowest BCUT2D eigenvalue weighted by atomic mass is 9.85. The Balaban J connectivity index is 1.13. The lowest BCUT2D eigenvalue weighted by Crippen LogP contribution is -2.37. The van der Waals surface area contributed by atoms with Gasteiger partial charge in [0.25, 0.3) is 0 Å². The minimum atomic E-state index is -1.45. The van der Waals surface area contributed by atoms with E-state index in [0.717, 1.165) is 0 Å². The van der Waals surface area contributed by atoms with Crippen LogP contribution in [0.25, 0.3) is 67.1 Å². The second kappa shape index (κ2) is 19.2. The molecule has 0 amide bonds. The van der Waals surface area contributed by atoms with Crippen molar-refractivity contribution in [1.29, 1.82) is 0 Å². The molecule has 0 N–H and O–H groups in total. The highest BCUT2D eigenvalue weighted by Crippen LogP contribution is 2.44. The van der Waals surface area contributed by atoms with Crippen molar-refractivity contribution in [2.45, 2.75) is 78.6 Å². The number of hydrogen-bond acceptors (Lipinski definition) is 0. The van der Waals surface area contributed by atoms with Crippen molar-refractivity contribution in [3.63, 3.8) is 0 Å². The van der Waals surface area contributed by atoms with Gasteiger partial charge in [-0.2, -0.15) is 0 Å². The van der Waals surface area contributed by atoms with Crippen LogP contribution in [-0.2, 0) is 0 Å². The van der Waals surface area contributed by atoms with E-state index in [-0.39, 0.29) is 0 Å². The van der Waals surface area contributed by atoms with Crippen LogP contribution in [-0.4, -0.2) is 32.3 Å². The van der Waals surface area contributed by atoms with Crippen LogP contribution >= 0.6 is 0 Å². The second-order valence-corrected chi connectivity index (χ2v) is 43.8. The Kier molecular flexibility index (Phi) is 13.4. The highest BCUT2D eigenvalue weighted by Gasteiger charge is 2.22. The van der Waals surface area contributed by atoms with Gasteiger partial charge in [-0.3, -0.25) is 0 Å². The first kappa shape index (κ1) is 48.9. The largest absolute Gasteiger partial charge is 0.0775 e. The fraction of sp³-hybridized carbons (Fsp3) is 0.182. The Labute approximate surface area is 423 Å². The monoisotopic (exact) mass is 974 g/mol. The van der Waals surface area contributed by atoms with Crippen molar-refractivity contribution in [2.75, 3.05) is 0 Å². The van der Waals surface area contributed by atoms with Crippen molar-refractivity contribution >= 4 is 97.9 Å². The Morgan fingerprint density at radius 2 is 0.471 bits per heavy atom. The molecule has 4 heteroatoms. The standard InChI is InChI=1S/C66H70Si4/c1-67(2,3)55-37-21-47(22-38-55)45-63(51-33-41-57(42-34-51)69(7,8)9)49-25-29-53(30-26-49)65-59-17-13-15-19-61(59)66(62-20-16-14-18-60(62)65)54-31-27-50(28-32-54)64(52-35-43-58(44-36-52)70(10,11)12)46-48-23-39-56(40-24-48)68(4,5)6/h13-46H,1-12H3. The van der Waals surface area contributed by atoms with E-state index in [1.165, 1.54) is 109 Å². The maximum absolute atomic E-state index is 2.42. The Morgan fingerprint density at radius 1 is 0.257 bits per heavy atom. The first-order valence-electron chi connectivity index (χ1n) is 25.2. The summed E-state index contributed by atoms with van der Waals surface area (Å²) in [5, 5.41) is 11.0. The van der Waals surface area contributed by atoms with E-state index in [2.05, 4.69) is 285 Å². The zero-order chi connectivity index (χ0) is 49.6. The van der Waals surface area contributed by atoms with E-state index < -0.39 is 32.3 Å². The minimum absolute atomic E-state index is 1.22. The average Bonchev–Trinajstić information content (AvgIpc) is 3.34. The van der Waals surface area contributed by atoms with Crippen LogP contribution < -0.4 is 20.7 Å². The van der Waals surface area contributed by atoms with Crippen LogP contribution in [0.5, 0.6) is 0 Å². The third-order valence-electron chi connectivity index (χ3n) is 14.2. The van der Waals surface area contributed by atoms with Crippen LogP contribution in [0.3, 0.4) is 0 Å². The molecule has 0 heterocycles. The molecule has 0 nitrogen and oxygen atoms in total. The molecular weight excluding hydrogens is 905 g/mol. The van der Waals surface area contributed by atoms with Crippen LogP contribution in [0.15, 0.2) is 194 Å². The number of fused-ring (bicyclic) bond motifs is 2. The molecule has 9 aromatic rings. The minimum Gasteiger partial charge on any atom is -0.0656 e. The predicted molar refractivity (Wildman–Crippen MR) is 324 cm³/mol. The third-order valence-corrected chi connectivity index (χ3v) is 22.5. The van der Waals surface area contributed by atoms with Crippen molar-refractivity contribution in [1.82, 2.24) is 0 Å². The number of benzene rings is 9. The average molecular weight is 976 g/mol. The summed E-state index contributed by atoms with van der Waals surface area (Å²) in [6.07, 6.45) is 4.76. The molecule has 70 heavy (non-hydrogen) atoms. The van der Waals surface area contributed by atoms with Crippen LogP contribution in [0.2, 0.25) is 78.6 Å². The number of hydrogen-bond donors (Lipinski definition) is 0. The van der Waals surface area contributed by atoms with Gasteiger partial charge in [-0.1, -0.05) is 293 Å². The van der Waals surface area contributed by atoms with Gasteiger partial charge in [0.05, 0.1) is 32.3 Å². The van der Waals surface area contributed by atoms with E-state index in [9.17, 15) is 0 Å². The molecule has 0 bridgehead atoms. The van der Waals surface area contributed by atoms with Gasteiger partial charge in [-0.25, -0.2) is 0 Å². The molecule has 0 radical (unpaired) electrons. The van der Waals surface area contributed by atoms with Crippen molar-refractivity contribution in [3.8, 4) is 22.3 Å². The summed E-state index contributed by atoms with van der Waals surface area (Å²) in [6, 6.07) is 74.2. The van der Waals surface area contributed by atoms with Crippen molar-refractivity contribution in [2.24, 2.45) is 0 Å². The summed E-state index contributed by atoms with van der Waals surface area (Å²) in [7, 11) is -5.71. The van der Waals surface area contributed by atoms with Crippen LogP contribution in [0.4, 0.5) is 0 Å². The predicted octanol–water partition coefficient (Wildman–Crippen LogP) is 16.7. The van der Waals surface area contributed by atoms with E-state index >= 15 is 0 Å². The molecule has 0 saturated carbocycles. The smallest absolute Gasteiger partial charge is 0.0656 e. The lowest BCUT2D eigenvalue weighted by molar-refractivity contribution is 1.55. The van der Waals surface area contributed by atoms with Gasteiger partial charge in [0.2, 0.25) is 0 Å². The number of rotatable bonds is 12. The zero-order valence-electron chi connectivity index (χ0n) is 43.6. The highest BCUT2D eigenvalue weighted by atomic mass is 28.3. The third kappa shape index (κ3) is 10.5. The van der Waals surface area contributed by atoms with E-state index in [0.29, 0.717) is 0 Å². The SMILES string of the molecule is C[Si](C)(C)c1ccc(C=C(c2ccc(-c3c4ccccc4c(-c4ccc(C(=Cc5ccc([Si](C)(C)C)cc5)c5ccc([Si](C)(C)C)cc5)cc4)c4ccccc34)cc2)c2ccc([Si](C)(C)C)cc2)cc1. The maximum atomic E-state index is 2.42. The first-order valence-corrected chi connectivity index (χ1v) is 39.2. The summed E-state index contributed by atoms with van der Waals surface area (Å²) >= 11 is 0. The summed E-state index contributed by atoms with van der Waals surface area (Å²) in [5.41, 5.74) is 14.8. The topological polar surface area (TPSA) is 0 Å². The first-order chi connectivity index (χ1) is 33.2. The van der Waals surface area contributed by atoms with Crippen LogP contribution in [0.1, 0.15) is 33.4 Å². The quantitative estimate of drug-likeness (QED) is 0.0650. The van der Waals surface area contributed by atoms with Gasteiger partial charge in [0.15, 0.2) is 0 Å². The molecule has 0 spiro atoms. The Bertz CT molecular complexity index is 3080. The summed E-state index contributed by atoms with van der Waals surface area (Å²) in [5.74, 6) is 0. The molecule has 0 unspecified atom stereocenters. The molecule has 0 aromatic heterocycles. The van der Waals surface area contributed by atoms with Crippen molar-refractivity contribution in [3.05, 3.63) is 228 Å². The summed E-state index contributed by atoms with van der Waals surface area (Å²) in [6.45, 7) is 29.0. The molecule has 0 aliphatic rings. The second-order valence-electron chi connectivity index (χ2n) is 23.5. The van der Waals surface area contributed by atoms with E-state index in [1.807, 2.05) is 0 Å². The molecule has 350 valence electrons. The summed E-state index contributed by atoms with van der Waals surface area (Å²) in [4.78, 5) is 0.